The van der Waals surface area contributed by atoms with Crippen LogP contribution in [0.25, 0.3) is 0 Å². The molecule has 0 saturated heterocycles. The number of allylic oxidation sites excluding steroid dienone is 4. The molecule has 0 aliphatic heterocycles. The van der Waals surface area contributed by atoms with Crippen LogP contribution in [-0.4, -0.2) is 46.5 Å². The molecular formula is C10H4CoF12O4. The molecule has 0 aromatic carbocycles. The summed E-state index contributed by atoms with van der Waals surface area (Å²) in [6, 6.07) is 0. The molecule has 0 rings (SSSR count). The van der Waals surface area contributed by atoms with Gasteiger partial charge in [-0.1, -0.05) is 0 Å². The van der Waals surface area contributed by atoms with Crippen molar-refractivity contribution < 1.29 is 89.3 Å². The average molecular weight is 475 g/mol. The van der Waals surface area contributed by atoms with Gasteiger partial charge >= 0.3 is 24.7 Å². The Morgan fingerprint density at radius 2 is 0.704 bits per heavy atom. The van der Waals surface area contributed by atoms with Gasteiger partial charge in [-0.2, -0.15) is 52.7 Å². The minimum absolute atomic E-state index is 0. The number of ketones is 2. The van der Waals surface area contributed by atoms with E-state index in [9.17, 15) is 62.3 Å². The first-order valence-corrected chi connectivity index (χ1v) is 5.28. The summed E-state index contributed by atoms with van der Waals surface area (Å²) in [4.78, 5) is 19.7. The van der Waals surface area contributed by atoms with Crippen LogP contribution in [0.15, 0.2) is 23.7 Å². The van der Waals surface area contributed by atoms with E-state index < -0.39 is 59.9 Å². The largest absolute Gasteiger partial charge is 0.504 e. The molecule has 161 valence electrons. The molecule has 1 radical (unpaired) electrons. The maximum Gasteiger partial charge on any atom is 0.454 e. The Labute approximate surface area is 150 Å². The number of hydrogen-bond donors (Lipinski definition) is 2. The molecule has 27 heavy (non-hydrogen) atoms. The SMILES string of the molecule is O=C(/C=C(/O)C(F)(F)F)C(F)(F)F.O=C(/C=C(/O)C(F)(F)F)C(F)(F)F.[Co]. The van der Waals surface area contributed by atoms with Gasteiger partial charge in [0.15, 0.2) is 0 Å². The van der Waals surface area contributed by atoms with E-state index in [4.69, 9.17) is 10.2 Å². The summed E-state index contributed by atoms with van der Waals surface area (Å²) in [5.41, 5.74) is 0. The number of hydrogen-bond acceptors (Lipinski definition) is 4. The Morgan fingerprint density at radius 3 is 0.815 bits per heavy atom. The van der Waals surface area contributed by atoms with E-state index in [1.165, 1.54) is 0 Å². The van der Waals surface area contributed by atoms with Crippen LogP contribution >= 0.6 is 0 Å². The Balaban J connectivity index is -0.000000411. The zero-order chi connectivity index (χ0) is 21.7. The van der Waals surface area contributed by atoms with Crippen molar-refractivity contribution in [2.45, 2.75) is 24.7 Å². The molecule has 17 heteroatoms. The molecule has 0 amide bonds. The molecule has 0 spiro atoms. The predicted molar refractivity (Wildman–Crippen MR) is 55.7 cm³/mol. The molecule has 0 atom stereocenters. The predicted octanol–water partition coefficient (Wildman–Crippen LogP) is 4.24. The van der Waals surface area contributed by atoms with Gasteiger partial charge in [0.2, 0.25) is 11.5 Å². The zero-order valence-electron chi connectivity index (χ0n) is 11.7. The van der Waals surface area contributed by atoms with Gasteiger partial charge in [-0.15, -0.1) is 0 Å². The molecule has 0 unspecified atom stereocenters. The number of halogens is 12. The maximum atomic E-state index is 11.4. The summed E-state index contributed by atoms with van der Waals surface area (Å²) in [5, 5.41) is 15.9. The first-order valence-electron chi connectivity index (χ1n) is 5.28. The van der Waals surface area contributed by atoms with Gasteiger partial charge in [-0.25, -0.2) is 0 Å². The third kappa shape index (κ3) is 13.0. The fourth-order valence-electron chi connectivity index (χ4n) is 0.576. The van der Waals surface area contributed by atoms with Gasteiger partial charge in [0, 0.05) is 28.9 Å². The minimum Gasteiger partial charge on any atom is -0.504 e. The summed E-state index contributed by atoms with van der Waals surface area (Å²) >= 11 is 0. The summed E-state index contributed by atoms with van der Waals surface area (Å²) in [6.07, 6.45) is -23.4. The van der Waals surface area contributed by atoms with E-state index in [2.05, 4.69) is 0 Å². The second-order valence-electron chi connectivity index (χ2n) is 3.78. The maximum absolute atomic E-state index is 11.4. The molecule has 4 nitrogen and oxygen atoms in total. The molecule has 0 aliphatic rings. The standard InChI is InChI=1S/2C5H2F6O2.Co/c2*6-4(7,8)2(12)1-3(13)5(9,10)11;/h2*1,12H;/b2*2-1+;. The number of alkyl halides is 12. The quantitative estimate of drug-likeness (QED) is 0.356. The Morgan fingerprint density at radius 1 is 0.519 bits per heavy atom. The Kier molecular flexibility index (Phi) is 10.9. The van der Waals surface area contributed by atoms with Crippen LogP contribution in [0.1, 0.15) is 0 Å². The first-order chi connectivity index (χ1) is 11.1. The molecule has 2 N–H and O–H groups in total. The second kappa shape index (κ2) is 9.86. The fourth-order valence-corrected chi connectivity index (χ4v) is 0.576. The summed E-state index contributed by atoms with van der Waals surface area (Å²) in [6.45, 7) is 0. The fraction of sp³-hybridized carbons (Fsp3) is 0.400. The van der Waals surface area contributed by atoms with Gasteiger partial charge in [-0.3, -0.25) is 9.59 Å². The van der Waals surface area contributed by atoms with Crippen LogP contribution in [0.5, 0.6) is 0 Å². The van der Waals surface area contributed by atoms with Gasteiger partial charge in [0.05, 0.1) is 0 Å². The van der Waals surface area contributed by atoms with Crippen LogP contribution in [0.2, 0.25) is 0 Å². The summed E-state index contributed by atoms with van der Waals surface area (Å²) in [7, 11) is 0. The van der Waals surface area contributed by atoms with Crippen LogP contribution < -0.4 is 0 Å². The molecule has 0 aromatic rings. The van der Waals surface area contributed by atoms with Gasteiger partial charge in [0.25, 0.3) is 11.6 Å². The van der Waals surface area contributed by atoms with Crippen LogP contribution in [0, 0.1) is 0 Å². The van der Waals surface area contributed by atoms with Crippen molar-refractivity contribution in [3.63, 3.8) is 0 Å². The van der Waals surface area contributed by atoms with Crippen molar-refractivity contribution >= 4 is 11.6 Å². The van der Waals surface area contributed by atoms with E-state index in [-0.39, 0.29) is 16.8 Å². The summed E-state index contributed by atoms with van der Waals surface area (Å²) < 4.78 is 136. The zero-order valence-corrected chi connectivity index (χ0v) is 12.8. The number of rotatable bonds is 2. The van der Waals surface area contributed by atoms with E-state index in [1.807, 2.05) is 0 Å². The van der Waals surface area contributed by atoms with Crippen molar-refractivity contribution in [3.05, 3.63) is 23.7 Å². The second-order valence-corrected chi connectivity index (χ2v) is 3.78. The Hall–Kier alpha value is -1.91. The normalized spacial score (nSPS) is 13.9. The molecule has 0 bridgehead atoms. The average Bonchev–Trinajstić information content (AvgIpc) is 2.34. The molecule has 0 saturated carbocycles. The van der Waals surface area contributed by atoms with Gasteiger partial charge in [0.1, 0.15) is 0 Å². The van der Waals surface area contributed by atoms with E-state index >= 15 is 0 Å². The Bertz CT molecular complexity index is 527. The topological polar surface area (TPSA) is 74.6 Å². The van der Waals surface area contributed by atoms with Crippen molar-refractivity contribution in [2.75, 3.05) is 0 Å². The summed E-state index contributed by atoms with van der Waals surface area (Å²) in [5.74, 6) is -10.7. The van der Waals surface area contributed by atoms with Crippen molar-refractivity contribution in [2.24, 2.45) is 0 Å². The first kappa shape index (κ1) is 29.8. The minimum atomic E-state index is -5.42. The van der Waals surface area contributed by atoms with Crippen LogP contribution in [-0.2, 0) is 26.4 Å². The van der Waals surface area contributed by atoms with Crippen molar-refractivity contribution in [3.8, 4) is 0 Å². The number of aliphatic hydroxyl groups is 2. The number of carbonyl (C=O) groups is 2. The van der Waals surface area contributed by atoms with E-state index in [0.29, 0.717) is 0 Å². The smallest absolute Gasteiger partial charge is 0.454 e. The van der Waals surface area contributed by atoms with E-state index in [0.717, 1.165) is 0 Å². The van der Waals surface area contributed by atoms with Crippen LogP contribution in [0.3, 0.4) is 0 Å². The molecule has 0 aliphatic carbocycles. The van der Waals surface area contributed by atoms with Gasteiger partial charge in [-0.05, 0) is 0 Å². The molecule has 0 fully saturated rings. The molecule has 0 aromatic heterocycles. The van der Waals surface area contributed by atoms with Crippen LogP contribution in [0.4, 0.5) is 52.7 Å². The third-order valence-corrected chi connectivity index (χ3v) is 1.68. The van der Waals surface area contributed by atoms with Crippen molar-refractivity contribution in [1.82, 2.24) is 0 Å². The number of carbonyl (C=O) groups excluding carboxylic acids is 2. The van der Waals surface area contributed by atoms with Crippen molar-refractivity contribution in [1.29, 1.82) is 0 Å². The molecular weight excluding hydrogens is 471 g/mol. The van der Waals surface area contributed by atoms with Gasteiger partial charge < -0.3 is 10.2 Å². The number of aliphatic hydroxyl groups excluding tert-OH is 2. The van der Waals surface area contributed by atoms with E-state index in [1.54, 1.807) is 0 Å². The molecule has 0 heterocycles. The third-order valence-electron chi connectivity index (χ3n) is 1.68. The monoisotopic (exact) mass is 475 g/mol.